The lowest BCUT2D eigenvalue weighted by atomic mass is 10.1. The fraction of sp³-hybridized carbons (Fsp3) is 0.0667. The van der Waals surface area contributed by atoms with Crippen molar-refractivity contribution in [3.05, 3.63) is 77.6 Å². The molecule has 1 unspecified atom stereocenters. The van der Waals surface area contributed by atoms with E-state index in [1.54, 1.807) is 0 Å². The highest BCUT2D eigenvalue weighted by molar-refractivity contribution is 5.30. The lowest BCUT2D eigenvalue weighted by Gasteiger charge is -2.07. The van der Waals surface area contributed by atoms with Gasteiger partial charge in [-0.05, 0) is 29.8 Å². The van der Waals surface area contributed by atoms with Gasteiger partial charge in [-0.3, -0.25) is 0 Å². The van der Waals surface area contributed by atoms with Gasteiger partial charge in [0, 0.05) is 0 Å². The van der Waals surface area contributed by atoms with E-state index in [2.05, 4.69) is 10.2 Å². The van der Waals surface area contributed by atoms with Gasteiger partial charge >= 0.3 is 0 Å². The van der Waals surface area contributed by atoms with Gasteiger partial charge in [0.05, 0.1) is 11.9 Å². The maximum atomic E-state index is 13.2. The van der Waals surface area contributed by atoms with E-state index in [9.17, 15) is 13.9 Å². The van der Waals surface area contributed by atoms with Crippen LogP contribution in [0.2, 0.25) is 0 Å². The fourth-order valence-corrected chi connectivity index (χ4v) is 1.94. The molecule has 1 atom stereocenters. The molecule has 21 heavy (non-hydrogen) atoms. The highest BCUT2D eigenvalue weighted by Gasteiger charge is 2.16. The Hall–Kier alpha value is -2.60. The van der Waals surface area contributed by atoms with E-state index in [1.807, 2.05) is 30.3 Å². The highest BCUT2D eigenvalue weighted by atomic mass is 19.2. The van der Waals surface area contributed by atoms with E-state index in [1.165, 1.54) is 17.1 Å². The molecule has 1 N–H and O–H groups in total. The summed E-state index contributed by atoms with van der Waals surface area (Å²) in [5.74, 6) is -1.97. The predicted molar refractivity (Wildman–Crippen MR) is 71.8 cm³/mol. The minimum atomic E-state index is -1.17. The maximum absolute atomic E-state index is 13.2. The van der Waals surface area contributed by atoms with Gasteiger partial charge in [-0.25, -0.2) is 8.78 Å². The van der Waals surface area contributed by atoms with Crippen molar-refractivity contribution in [2.75, 3.05) is 0 Å². The van der Waals surface area contributed by atoms with Crippen molar-refractivity contribution >= 4 is 0 Å². The molecule has 0 aliphatic heterocycles. The maximum Gasteiger partial charge on any atom is 0.159 e. The van der Waals surface area contributed by atoms with Crippen LogP contribution in [0.25, 0.3) is 5.69 Å². The van der Waals surface area contributed by atoms with Gasteiger partial charge in [-0.2, -0.15) is 15.0 Å². The molecule has 3 aromatic rings. The topological polar surface area (TPSA) is 50.9 Å². The minimum absolute atomic E-state index is 0.217. The van der Waals surface area contributed by atoms with Crippen LogP contribution in [0.3, 0.4) is 0 Å². The van der Waals surface area contributed by atoms with E-state index in [-0.39, 0.29) is 11.3 Å². The second kappa shape index (κ2) is 5.41. The first-order valence-electron chi connectivity index (χ1n) is 6.26. The van der Waals surface area contributed by atoms with Gasteiger partial charge < -0.3 is 5.11 Å². The second-order valence-corrected chi connectivity index (χ2v) is 4.47. The Balaban J connectivity index is 1.90. The van der Waals surface area contributed by atoms with Crippen molar-refractivity contribution in [3.63, 3.8) is 0 Å². The smallest absolute Gasteiger partial charge is 0.159 e. The molecular weight excluding hydrogens is 276 g/mol. The van der Waals surface area contributed by atoms with Crippen LogP contribution in [0.1, 0.15) is 17.4 Å². The number of aliphatic hydroxyl groups is 1. The Labute approximate surface area is 119 Å². The molecular formula is C15H11F2N3O. The molecule has 0 fully saturated rings. The van der Waals surface area contributed by atoms with E-state index in [0.29, 0.717) is 0 Å². The van der Waals surface area contributed by atoms with Gasteiger partial charge in [0.15, 0.2) is 11.6 Å². The summed E-state index contributed by atoms with van der Waals surface area (Å²) >= 11 is 0. The lowest BCUT2D eigenvalue weighted by molar-refractivity contribution is 0.214. The quantitative estimate of drug-likeness (QED) is 0.805. The number of aliphatic hydroxyl groups excluding tert-OH is 1. The summed E-state index contributed by atoms with van der Waals surface area (Å²) < 4.78 is 26.1. The summed E-state index contributed by atoms with van der Waals surface area (Å²) in [7, 11) is 0. The number of para-hydroxylation sites is 1. The second-order valence-electron chi connectivity index (χ2n) is 4.47. The van der Waals surface area contributed by atoms with Crippen molar-refractivity contribution in [3.8, 4) is 5.69 Å². The van der Waals surface area contributed by atoms with Crippen molar-refractivity contribution in [2.45, 2.75) is 6.10 Å². The Morgan fingerprint density at radius 1 is 1.00 bits per heavy atom. The number of rotatable bonds is 3. The molecule has 0 spiro atoms. The SMILES string of the molecule is OC(c1ccc(F)c(F)c1)c1cnn(-c2ccccc2)n1. The molecule has 6 heteroatoms. The fourth-order valence-electron chi connectivity index (χ4n) is 1.94. The molecule has 4 nitrogen and oxygen atoms in total. The molecule has 106 valence electrons. The molecule has 0 saturated heterocycles. The monoisotopic (exact) mass is 287 g/mol. The van der Waals surface area contributed by atoms with Crippen molar-refractivity contribution < 1.29 is 13.9 Å². The van der Waals surface area contributed by atoms with Crippen LogP contribution >= 0.6 is 0 Å². The zero-order valence-electron chi connectivity index (χ0n) is 10.8. The normalized spacial score (nSPS) is 12.3. The Morgan fingerprint density at radius 3 is 2.48 bits per heavy atom. The van der Waals surface area contributed by atoms with Crippen molar-refractivity contribution in [1.29, 1.82) is 0 Å². The van der Waals surface area contributed by atoms with Gasteiger partial charge in [-0.15, -0.1) is 0 Å². The molecule has 0 aliphatic carbocycles. The molecule has 0 saturated carbocycles. The number of halogens is 2. The van der Waals surface area contributed by atoms with Crippen LogP contribution < -0.4 is 0 Å². The number of hydrogen-bond acceptors (Lipinski definition) is 3. The summed E-state index contributed by atoms with van der Waals surface area (Å²) in [4.78, 5) is 1.36. The number of nitrogens with zero attached hydrogens (tertiary/aromatic N) is 3. The van der Waals surface area contributed by atoms with Crippen molar-refractivity contribution in [2.24, 2.45) is 0 Å². The Kier molecular flexibility index (Phi) is 3.45. The first kappa shape index (κ1) is 13.4. The molecule has 1 aromatic heterocycles. The van der Waals surface area contributed by atoms with E-state index in [4.69, 9.17) is 0 Å². The van der Waals surface area contributed by atoms with Crippen molar-refractivity contribution in [1.82, 2.24) is 15.0 Å². The van der Waals surface area contributed by atoms with Crippen LogP contribution in [0.4, 0.5) is 8.78 Å². The lowest BCUT2D eigenvalue weighted by Crippen LogP contribution is -2.04. The van der Waals surface area contributed by atoms with Crippen LogP contribution in [-0.2, 0) is 0 Å². The van der Waals surface area contributed by atoms with Crippen LogP contribution in [0, 0.1) is 11.6 Å². The van der Waals surface area contributed by atoms with E-state index >= 15 is 0 Å². The number of aromatic nitrogens is 3. The molecule has 2 aromatic carbocycles. The number of benzene rings is 2. The summed E-state index contributed by atoms with van der Waals surface area (Å²) in [5.41, 5.74) is 1.21. The molecule has 1 heterocycles. The molecule has 0 bridgehead atoms. The Morgan fingerprint density at radius 2 is 1.76 bits per heavy atom. The van der Waals surface area contributed by atoms with Crippen LogP contribution in [-0.4, -0.2) is 20.1 Å². The summed E-state index contributed by atoms with van der Waals surface area (Å²) in [6.07, 6.45) is 0.219. The molecule has 3 rings (SSSR count). The van der Waals surface area contributed by atoms with Gasteiger partial charge in [-0.1, -0.05) is 24.3 Å². The first-order valence-corrected chi connectivity index (χ1v) is 6.26. The summed E-state index contributed by atoms with van der Waals surface area (Å²) in [6.45, 7) is 0. The predicted octanol–water partition coefficient (Wildman–Crippen LogP) is 2.63. The Bertz CT molecular complexity index is 759. The summed E-state index contributed by atoms with van der Waals surface area (Å²) in [5, 5.41) is 18.4. The largest absolute Gasteiger partial charge is 0.382 e. The van der Waals surface area contributed by atoms with Gasteiger partial charge in [0.2, 0.25) is 0 Å². The van der Waals surface area contributed by atoms with Gasteiger partial charge in [0.25, 0.3) is 0 Å². The molecule has 0 aliphatic rings. The third-order valence-electron chi connectivity index (χ3n) is 3.04. The molecule has 0 radical (unpaired) electrons. The average molecular weight is 287 g/mol. The summed E-state index contributed by atoms with van der Waals surface area (Å²) in [6, 6.07) is 12.4. The van der Waals surface area contributed by atoms with E-state index < -0.39 is 17.7 Å². The number of hydrogen-bond donors (Lipinski definition) is 1. The van der Waals surface area contributed by atoms with Crippen LogP contribution in [0.5, 0.6) is 0 Å². The first-order chi connectivity index (χ1) is 10.1. The highest BCUT2D eigenvalue weighted by Crippen LogP contribution is 2.22. The third kappa shape index (κ3) is 2.66. The average Bonchev–Trinajstić information content (AvgIpc) is 3.00. The minimum Gasteiger partial charge on any atom is -0.382 e. The standard InChI is InChI=1S/C15H11F2N3O/c16-12-7-6-10(8-13(12)17)15(21)14-9-18-20(19-14)11-4-2-1-3-5-11/h1-9,15,21H. The zero-order chi connectivity index (χ0) is 14.8. The van der Waals surface area contributed by atoms with Crippen LogP contribution in [0.15, 0.2) is 54.7 Å². The van der Waals surface area contributed by atoms with E-state index in [0.717, 1.165) is 17.8 Å². The van der Waals surface area contributed by atoms with Gasteiger partial charge in [0.1, 0.15) is 11.8 Å². The zero-order valence-corrected chi connectivity index (χ0v) is 10.8. The third-order valence-corrected chi connectivity index (χ3v) is 3.04. The molecule has 0 amide bonds.